The molecule has 46 heavy (non-hydrogen) atoms. The molecule has 3 aliphatic rings. The van der Waals surface area contributed by atoms with E-state index >= 15 is 0 Å². The summed E-state index contributed by atoms with van der Waals surface area (Å²) in [5.74, 6) is 1.98. The van der Waals surface area contributed by atoms with Gasteiger partial charge in [-0.3, -0.25) is 9.97 Å². The van der Waals surface area contributed by atoms with Crippen molar-refractivity contribution >= 4 is 22.7 Å². The normalized spacial score (nSPS) is 11.5. The molecule has 0 radical (unpaired) electrons. The van der Waals surface area contributed by atoms with Crippen LogP contribution >= 0.6 is 22.7 Å². The first-order valence-corrected chi connectivity index (χ1v) is 16.4. The Morgan fingerprint density at radius 3 is 1.28 bits per heavy atom. The van der Waals surface area contributed by atoms with E-state index in [1.807, 2.05) is 108 Å². The van der Waals surface area contributed by atoms with Crippen LogP contribution in [0.3, 0.4) is 0 Å². The minimum absolute atomic E-state index is 0. The third-order valence-electron chi connectivity index (χ3n) is 7.68. The summed E-state index contributed by atoms with van der Waals surface area (Å²) in [5.41, 5.74) is 10.3. The monoisotopic (exact) mass is 686 g/mol. The van der Waals surface area contributed by atoms with Crippen molar-refractivity contribution in [3.63, 3.8) is 0 Å². The third-order valence-corrected chi connectivity index (χ3v) is 9.76. The number of hydrogen-bond acceptors (Lipinski definition) is 5. The van der Waals surface area contributed by atoms with Crippen LogP contribution in [0.1, 0.15) is 33.4 Å². The van der Waals surface area contributed by atoms with Gasteiger partial charge in [0, 0.05) is 117 Å². The molecule has 5 heterocycles. The van der Waals surface area contributed by atoms with Crippen LogP contribution in [0.4, 0.5) is 0 Å². The van der Waals surface area contributed by atoms with Crippen molar-refractivity contribution in [1.29, 1.82) is 0 Å². The molecule has 0 saturated carbocycles. The first kappa shape index (κ1) is 35.0. The molecule has 0 spiro atoms. The maximum Gasteiger partial charge on any atom is 0.130 e. The quantitative estimate of drug-likeness (QED) is 0.159. The van der Waals surface area contributed by atoms with Crippen LogP contribution < -0.4 is 4.74 Å². The topological polar surface area (TPSA) is 35.0 Å². The molecule has 3 nitrogen and oxygen atoms in total. The standard InChI is InChI=1S/C13H10O.C11H8N2.C9H6S2.C6H6.2Ar/c1-3-7-12-10(5-1)9-11-6-2-4-8-13(11)14-12;1-3-8-7-9-4-2-6-13-11(9)10(8)12-5-1;1-3-10-8-6(1)5-7-2-4-11-9(7)8;1-2-4-6-5-3-1;;/h1-8H,9H2;1-6H,7H2;1-4H,5H2;1-6H;;. The van der Waals surface area contributed by atoms with Crippen LogP contribution in [0.2, 0.25) is 0 Å². The van der Waals surface area contributed by atoms with E-state index in [0.717, 1.165) is 42.1 Å². The van der Waals surface area contributed by atoms with Crippen molar-refractivity contribution in [3.8, 4) is 32.6 Å². The van der Waals surface area contributed by atoms with Gasteiger partial charge in [-0.1, -0.05) is 84.9 Å². The molecular formula is C39H30Ar2N2OS2. The van der Waals surface area contributed by atoms with Crippen LogP contribution in [-0.4, -0.2) is 9.97 Å². The summed E-state index contributed by atoms with van der Waals surface area (Å²) in [4.78, 5) is 11.7. The van der Waals surface area contributed by atoms with E-state index < -0.39 is 0 Å². The van der Waals surface area contributed by atoms with E-state index in [0.29, 0.717) is 0 Å². The second kappa shape index (κ2) is 17.2. The fourth-order valence-corrected chi connectivity index (χ4v) is 7.64. The largest absolute Gasteiger partial charge is 0.457 e. The van der Waals surface area contributed by atoms with E-state index in [4.69, 9.17) is 4.74 Å². The minimum atomic E-state index is 0. The van der Waals surface area contributed by atoms with Crippen LogP contribution in [0, 0.1) is 75.5 Å². The van der Waals surface area contributed by atoms with Gasteiger partial charge in [-0.25, -0.2) is 0 Å². The molecule has 0 unspecified atom stereocenters. The fraction of sp³-hybridized carbons (Fsp3) is 0.0769. The molecular weight excluding hydrogens is 656 g/mol. The molecule has 10 rings (SSSR count). The van der Waals surface area contributed by atoms with Gasteiger partial charge in [0.25, 0.3) is 0 Å². The van der Waals surface area contributed by atoms with Crippen LogP contribution in [-0.2, 0) is 19.3 Å². The molecule has 4 aromatic heterocycles. The summed E-state index contributed by atoms with van der Waals surface area (Å²) in [6.45, 7) is 0. The Labute approximate surface area is 338 Å². The summed E-state index contributed by atoms with van der Waals surface area (Å²) in [5, 5.41) is 4.38. The Morgan fingerprint density at radius 2 is 0.804 bits per heavy atom. The average Bonchev–Trinajstić information content (AvgIpc) is 3.88. The summed E-state index contributed by atoms with van der Waals surface area (Å²) in [6.07, 6.45) is 6.77. The number of thiophene rings is 2. The van der Waals surface area contributed by atoms with Gasteiger partial charge in [0.05, 0.1) is 11.4 Å². The van der Waals surface area contributed by atoms with E-state index in [1.54, 1.807) is 0 Å². The van der Waals surface area contributed by atoms with E-state index in [1.165, 1.54) is 43.1 Å². The van der Waals surface area contributed by atoms with Crippen LogP contribution in [0.15, 0.2) is 144 Å². The van der Waals surface area contributed by atoms with E-state index in [2.05, 4.69) is 69.3 Å². The number of para-hydroxylation sites is 2. The number of fused-ring (bicyclic) bond motifs is 8. The van der Waals surface area contributed by atoms with Gasteiger partial charge in [0.15, 0.2) is 0 Å². The van der Waals surface area contributed by atoms with Gasteiger partial charge >= 0.3 is 0 Å². The molecule has 0 bridgehead atoms. The van der Waals surface area contributed by atoms with Crippen molar-refractivity contribution in [2.24, 2.45) is 0 Å². The van der Waals surface area contributed by atoms with Gasteiger partial charge in [-0.05, 0) is 80.5 Å². The molecule has 7 aromatic rings. The Bertz CT molecular complexity index is 1810. The molecule has 0 fully saturated rings. The van der Waals surface area contributed by atoms with Crippen molar-refractivity contribution in [1.82, 2.24) is 9.97 Å². The molecule has 7 heteroatoms. The smallest absolute Gasteiger partial charge is 0.130 e. The number of hydrogen-bond donors (Lipinski definition) is 0. The number of nitrogens with zero attached hydrogens (tertiary/aromatic N) is 2. The van der Waals surface area contributed by atoms with E-state index in [-0.39, 0.29) is 75.5 Å². The Kier molecular flexibility index (Phi) is 13.1. The number of ether oxygens (including phenoxy) is 1. The molecule has 0 saturated heterocycles. The van der Waals surface area contributed by atoms with Crippen molar-refractivity contribution in [2.75, 3.05) is 0 Å². The summed E-state index contributed by atoms with van der Waals surface area (Å²) in [7, 11) is 0. The molecule has 1 aliphatic heterocycles. The molecule has 0 amide bonds. The van der Waals surface area contributed by atoms with Crippen LogP contribution in [0.25, 0.3) is 21.1 Å². The van der Waals surface area contributed by atoms with E-state index in [9.17, 15) is 0 Å². The second-order valence-electron chi connectivity index (χ2n) is 10.6. The first-order valence-electron chi connectivity index (χ1n) is 14.7. The second-order valence-corrected chi connectivity index (χ2v) is 12.4. The van der Waals surface area contributed by atoms with Crippen LogP contribution in [0.5, 0.6) is 11.5 Å². The maximum atomic E-state index is 5.78. The Balaban J connectivity index is 0.000000123. The Morgan fingerprint density at radius 1 is 0.413 bits per heavy atom. The molecule has 0 atom stereocenters. The summed E-state index contributed by atoms with van der Waals surface area (Å²) < 4.78 is 5.78. The van der Waals surface area contributed by atoms with Crippen molar-refractivity contribution in [3.05, 3.63) is 178 Å². The zero-order chi connectivity index (χ0) is 29.6. The minimum Gasteiger partial charge on any atom is -0.457 e. The SMILES string of the molecule is [Ar].[Ar].c1cc2c(s1)-c1sccc1C2.c1ccc2c(c1)Cc1ccccc1O2.c1ccccc1.c1cnc2c(c1)Cc1cccnc1-2. The summed E-state index contributed by atoms with van der Waals surface area (Å²) in [6, 6.07) is 41.1. The number of aromatic nitrogens is 2. The summed E-state index contributed by atoms with van der Waals surface area (Å²) >= 11 is 3.74. The first-order chi connectivity index (χ1) is 21.8. The zero-order valence-corrected chi connectivity index (χ0v) is 27.9. The van der Waals surface area contributed by atoms with Gasteiger partial charge in [-0.2, -0.15) is 0 Å². The van der Waals surface area contributed by atoms with Gasteiger partial charge in [0.2, 0.25) is 0 Å². The van der Waals surface area contributed by atoms with Crippen molar-refractivity contribution in [2.45, 2.75) is 19.3 Å². The molecule has 230 valence electrons. The maximum absolute atomic E-state index is 5.78. The zero-order valence-electron chi connectivity index (χ0n) is 24.8. The number of benzene rings is 3. The van der Waals surface area contributed by atoms with Gasteiger partial charge < -0.3 is 4.74 Å². The third kappa shape index (κ3) is 8.21. The molecule has 3 aromatic carbocycles. The predicted molar refractivity (Wildman–Crippen MR) is 183 cm³/mol. The predicted octanol–water partition coefficient (Wildman–Crippen LogP) is 10.5. The van der Waals surface area contributed by atoms with Gasteiger partial charge in [-0.15, -0.1) is 22.7 Å². The average molecular weight is 687 g/mol. The van der Waals surface area contributed by atoms with Gasteiger partial charge in [0.1, 0.15) is 11.5 Å². The molecule has 2 aliphatic carbocycles. The molecule has 0 N–H and O–H groups in total. The number of rotatable bonds is 0. The fourth-order valence-electron chi connectivity index (χ4n) is 5.55. The Hall–Kier alpha value is -2.32. The van der Waals surface area contributed by atoms with Crippen molar-refractivity contribution < 1.29 is 80.2 Å². The number of pyridine rings is 2.